The number of hydrogen-bond acceptors (Lipinski definition) is 3. The van der Waals surface area contributed by atoms with Crippen LogP contribution in [0.2, 0.25) is 0 Å². The molecular weight excluding hydrogens is 475 g/mol. The molecule has 0 spiro atoms. The fourth-order valence-corrected chi connectivity index (χ4v) is 5.08. The number of fused-ring (bicyclic) bond motifs is 1. The number of rotatable bonds is 5. The number of likely N-dealkylation sites (tertiary alicyclic amines) is 1. The first-order chi connectivity index (χ1) is 12.3. The number of para-hydroxylation sites is 1. The predicted molar refractivity (Wildman–Crippen MR) is 123 cm³/mol. The van der Waals surface area contributed by atoms with Gasteiger partial charge in [-0.05, 0) is 36.8 Å². The highest BCUT2D eigenvalue weighted by molar-refractivity contribution is 14.0. The third kappa shape index (κ3) is 5.28. The Morgan fingerprint density at radius 2 is 2.00 bits per heavy atom. The summed E-state index contributed by atoms with van der Waals surface area (Å²) >= 11 is 0. The Bertz CT molecular complexity index is 780. The number of halogens is 1. The summed E-state index contributed by atoms with van der Waals surface area (Å²) in [6.45, 7) is 10.1. The first-order valence-electron chi connectivity index (χ1n) is 9.44. The number of sulfonamides is 1. The van der Waals surface area contributed by atoms with Crippen LogP contribution in [0.25, 0.3) is 0 Å². The molecule has 8 heteroatoms. The fourth-order valence-electron chi connectivity index (χ4n) is 3.69. The average molecular weight is 506 g/mol. The molecule has 0 unspecified atom stereocenters. The van der Waals surface area contributed by atoms with E-state index < -0.39 is 10.0 Å². The summed E-state index contributed by atoms with van der Waals surface area (Å²) in [7, 11) is -3.35. The zero-order valence-electron chi connectivity index (χ0n) is 16.4. The molecule has 1 aromatic rings. The maximum absolute atomic E-state index is 12.8. The van der Waals surface area contributed by atoms with Crippen LogP contribution in [0.1, 0.15) is 32.8 Å². The van der Waals surface area contributed by atoms with Gasteiger partial charge >= 0.3 is 0 Å². The molecule has 6 nitrogen and oxygen atoms in total. The molecule has 1 N–H and O–H groups in total. The second-order valence-electron chi connectivity index (χ2n) is 7.84. The second kappa shape index (κ2) is 8.98. The van der Waals surface area contributed by atoms with Gasteiger partial charge in [0.05, 0.1) is 18.0 Å². The van der Waals surface area contributed by atoms with Crippen molar-refractivity contribution < 1.29 is 8.42 Å². The molecule has 0 aliphatic carbocycles. The number of nitrogens with zero attached hydrogens (tertiary/aromatic N) is 3. The molecule has 152 valence electrons. The van der Waals surface area contributed by atoms with Crippen LogP contribution < -0.4 is 9.62 Å². The van der Waals surface area contributed by atoms with Gasteiger partial charge in [0.15, 0.2) is 5.96 Å². The molecule has 2 aliphatic heterocycles. The molecule has 27 heavy (non-hydrogen) atoms. The summed E-state index contributed by atoms with van der Waals surface area (Å²) in [5, 5.41) is 3.30. The SMILES string of the molecule is CCNC(=NCCS(=O)(=O)N1CCc2ccccc21)N1CCC(C)(C)C1.I. The van der Waals surface area contributed by atoms with Gasteiger partial charge in [-0.25, -0.2) is 8.42 Å². The Balaban J connectivity index is 0.00000261. The lowest BCUT2D eigenvalue weighted by molar-refractivity contribution is 0.370. The number of benzene rings is 1. The molecule has 2 heterocycles. The van der Waals surface area contributed by atoms with Crippen molar-refractivity contribution in [2.45, 2.75) is 33.6 Å². The van der Waals surface area contributed by atoms with Crippen molar-refractivity contribution in [1.82, 2.24) is 10.2 Å². The van der Waals surface area contributed by atoms with Crippen LogP contribution in [0.15, 0.2) is 29.3 Å². The fraction of sp³-hybridized carbons (Fsp3) is 0.632. The van der Waals surface area contributed by atoms with Gasteiger partial charge in [0, 0.05) is 26.2 Å². The van der Waals surface area contributed by atoms with Crippen LogP contribution >= 0.6 is 24.0 Å². The van der Waals surface area contributed by atoms with Crippen molar-refractivity contribution in [3.63, 3.8) is 0 Å². The molecule has 1 aromatic carbocycles. The van der Waals surface area contributed by atoms with E-state index in [9.17, 15) is 8.42 Å². The third-order valence-corrected chi connectivity index (χ3v) is 6.85. The quantitative estimate of drug-likeness (QED) is 0.379. The van der Waals surface area contributed by atoms with Gasteiger partial charge in [-0.2, -0.15) is 0 Å². The van der Waals surface area contributed by atoms with E-state index in [2.05, 4.69) is 29.1 Å². The third-order valence-electron chi connectivity index (χ3n) is 5.10. The zero-order valence-corrected chi connectivity index (χ0v) is 19.6. The number of hydrogen-bond donors (Lipinski definition) is 1. The maximum atomic E-state index is 12.8. The molecule has 0 bridgehead atoms. The zero-order chi connectivity index (χ0) is 18.8. The van der Waals surface area contributed by atoms with Crippen LogP contribution in [0.5, 0.6) is 0 Å². The van der Waals surface area contributed by atoms with Gasteiger partial charge in [0.2, 0.25) is 10.0 Å². The second-order valence-corrected chi connectivity index (χ2v) is 9.85. The van der Waals surface area contributed by atoms with E-state index in [1.165, 1.54) is 0 Å². The van der Waals surface area contributed by atoms with E-state index in [0.29, 0.717) is 6.54 Å². The molecule has 3 rings (SSSR count). The minimum Gasteiger partial charge on any atom is -0.357 e. The monoisotopic (exact) mass is 506 g/mol. The van der Waals surface area contributed by atoms with E-state index in [0.717, 1.165) is 49.7 Å². The summed E-state index contributed by atoms with van der Waals surface area (Å²) in [6, 6.07) is 7.74. The Morgan fingerprint density at radius 3 is 2.67 bits per heavy atom. The molecule has 0 radical (unpaired) electrons. The highest BCUT2D eigenvalue weighted by atomic mass is 127. The number of guanidine groups is 1. The molecule has 1 saturated heterocycles. The largest absolute Gasteiger partial charge is 0.357 e. The van der Waals surface area contributed by atoms with Crippen molar-refractivity contribution in [3.05, 3.63) is 29.8 Å². The minimum absolute atomic E-state index is 0. The standard InChI is InChI=1S/C19H30N4O2S.HI/c1-4-20-18(22-13-10-19(2,3)15-22)21-11-14-26(24,25)23-12-9-16-7-5-6-8-17(16)23;/h5-8H,4,9-15H2,1-3H3,(H,20,21);1H. The first-order valence-corrected chi connectivity index (χ1v) is 11.0. The highest BCUT2D eigenvalue weighted by Crippen LogP contribution is 2.30. The topological polar surface area (TPSA) is 65.0 Å². The summed E-state index contributed by atoms with van der Waals surface area (Å²) < 4.78 is 27.1. The molecule has 0 aromatic heterocycles. The molecule has 0 amide bonds. The van der Waals surface area contributed by atoms with Gasteiger partial charge < -0.3 is 10.2 Å². The number of aliphatic imine (C=N–C) groups is 1. The summed E-state index contributed by atoms with van der Waals surface area (Å²) in [6.07, 6.45) is 1.91. The Hall–Kier alpha value is -1.03. The lowest BCUT2D eigenvalue weighted by atomic mass is 9.93. The highest BCUT2D eigenvalue weighted by Gasteiger charge is 2.31. The van der Waals surface area contributed by atoms with E-state index in [-0.39, 0.29) is 41.7 Å². The van der Waals surface area contributed by atoms with Crippen LogP contribution in [-0.4, -0.2) is 57.8 Å². The van der Waals surface area contributed by atoms with E-state index >= 15 is 0 Å². The Morgan fingerprint density at radius 1 is 1.26 bits per heavy atom. The van der Waals surface area contributed by atoms with E-state index in [1.807, 2.05) is 31.2 Å². The van der Waals surface area contributed by atoms with E-state index in [1.54, 1.807) is 4.31 Å². The lowest BCUT2D eigenvalue weighted by Crippen LogP contribution is -2.41. The van der Waals surface area contributed by atoms with Crippen molar-refractivity contribution >= 4 is 45.6 Å². The average Bonchev–Trinajstić information content (AvgIpc) is 3.17. The lowest BCUT2D eigenvalue weighted by Gasteiger charge is -2.24. The molecule has 0 saturated carbocycles. The summed E-state index contributed by atoms with van der Waals surface area (Å²) in [4.78, 5) is 6.84. The van der Waals surface area contributed by atoms with Crippen molar-refractivity contribution in [2.75, 3.05) is 42.8 Å². The predicted octanol–water partition coefficient (Wildman–Crippen LogP) is 2.69. The van der Waals surface area contributed by atoms with Crippen LogP contribution in [0.4, 0.5) is 5.69 Å². The minimum atomic E-state index is -3.35. The number of nitrogens with one attached hydrogen (secondary N) is 1. The van der Waals surface area contributed by atoms with E-state index in [4.69, 9.17) is 0 Å². The van der Waals surface area contributed by atoms with Crippen molar-refractivity contribution in [3.8, 4) is 0 Å². The van der Waals surface area contributed by atoms with Crippen LogP contribution in [-0.2, 0) is 16.4 Å². The molecular formula is C19H31IN4O2S. The van der Waals surface area contributed by atoms with Gasteiger partial charge in [0.25, 0.3) is 0 Å². The first kappa shape index (κ1) is 22.3. The van der Waals surface area contributed by atoms with Gasteiger partial charge in [-0.1, -0.05) is 32.0 Å². The van der Waals surface area contributed by atoms with Crippen molar-refractivity contribution in [2.24, 2.45) is 10.4 Å². The Labute approximate surface area is 180 Å². The van der Waals surface area contributed by atoms with Gasteiger partial charge in [-0.15, -0.1) is 24.0 Å². The summed E-state index contributed by atoms with van der Waals surface area (Å²) in [5.74, 6) is 0.864. The number of anilines is 1. The Kier molecular flexibility index (Phi) is 7.40. The molecule has 0 atom stereocenters. The van der Waals surface area contributed by atoms with Gasteiger partial charge in [0.1, 0.15) is 0 Å². The maximum Gasteiger partial charge on any atom is 0.237 e. The summed E-state index contributed by atoms with van der Waals surface area (Å²) in [5.41, 5.74) is 2.21. The van der Waals surface area contributed by atoms with Crippen molar-refractivity contribution in [1.29, 1.82) is 0 Å². The van der Waals surface area contributed by atoms with Gasteiger partial charge in [-0.3, -0.25) is 9.30 Å². The normalized spacial score (nSPS) is 19.0. The molecule has 1 fully saturated rings. The van der Waals surface area contributed by atoms with Crippen LogP contribution in [0.3, 0.4) is 0 Å². The van der Waals surface area contributed by atoms with Crippen LogP contribution in [0, 0.1) is 5.41 Å². The smallest absolute Gasteiger partial charge is 0.237 e. The molecule has 2 aliphatic rings.